The summed E-state index contributed by atoms with van der Waals surface area (Å²) >= 11 is 12.5. The van der Waals surface area contributed by atoms with E-state index in [1.807, 2.05) is 36.4 Å². The van der Waals surface area contributed by atoms with Gasteiger partial charge in [0.25, 0.3) is 0 Å². The third-order valence-electron chi connectivity index (χ3n) is 5.60. The van der Waals surface area contributed by atoms with E-state index in [2.05, 4.69) is 23.3 Å². The van der Waals surface area contributed by atoms with E-state index in [9.17, 15) is 5.11 Å². The van der Waals surface area contributed by atoms with Gasteiger partial charge in [-0.25, -0.2) is 0 Å². The van der Waals surface area contributed by atoms with Gasteiger partial charge in [0, 0.05) is 51.5 Å². The van der Waals surface area contributed by atoms with E-state index in [4.69, 9.17) is 23.2 Å². The molecule has 1 saturated heterocycles. The Labute approximate surface area is 170 Å². The summed E-state index contributed by atoms with van der Waals surface area (Å²) in [6, 6.07) is 11.8. The normalized spacial score (nSPS) is 22.6. The van der Waals surface area contributed by atoms with Crippen molar-refractivity contribution in [1.29, 1.82) is 0 Å². The molecule has 4 rings (SSSR count). The Morgan fingerprint density at radius 3 is 1.96 bits per heavy atom. The molecule has 144 valence electrons. The number of piperidine rings is 1. The maximum absolute atomic E-state index is 10.9. The van der Waals surface area contributed by atoms with Gasteiger partial charge < -0.3 is 14.6 Å². The van der Waals surface area contributed by atoms with Crippen LogP contribution < -0.4 is 0 Å². The van der Waals surface area contributed by atoms with Crippen LogP contribution in [0.15, 0.2) is 36.4 Å². The number of rotatable bonds is 4. The summed E-state index contributed by atoms with van der Waals surface area (Å²) < 4.78 is 2.19. The first-order valence-corrected chi connectivity index (χ1v) is 10.4. The van der Waals surface area contributed by atoms with Gasteiger partial charge in [-0.15, -0.1) is 0 Å². The lowest BCUT2D eigenvalue weighted by molar-refractivity contribution is 0.0626. The van der Waals surface area contributed by atoms with E-state index in [0.29, 0.717) is 35.0 Å². The van der Waals surface area contributed by atoms with Gasteiger partial charge in [0.05, 0.1) is 12.6 Å². The van der Waals surface area contributed by atoms with Crippen LogP contribution in [0.1, 0.15) is 20.3 Å². The number of aliphatic hydroxyl groups is 1. The highest BCUT2D eigenvalue weighted by molar-refractivity contribution is 6.33. The number of nitrogens with zero attached hydrogens (tertiary/aromatic N) is 2. The highest BCUT2D eigenvalue weighted by atomic mass is 35.5. The topological polar surface area (TPSA) is 28.4 Å². The fourth-order valence-corrected chi connectivity index (χ4v) is 5.10. The quantitative estimate of drug-likeness (QED) is 0.626. The predicted octanol–water partition coefficient (Wildman–Crippen LogP) is 5.44. The molecule has 5 heteroatoms. The molecule has 3 atom stereocenters. The molecule has 1 fully saturated rings. The van der Waals surface area contributed by atoms with E-state index < -0.39 is 6.10 Å². The van der Waals surface area contributed by atoms with Crippen LogP contribution >= 0.6 is 23.2 Å². The molecule has 0 saturated carbocycles. The SMILES string of the molecule is C[C@H]1C[C@H](C)CN(C[C@@H](O)Cn2c3ccc(Cl)cc3c3cc(Cl)ccc32)C1. The molecule has 3 nitrogen and oxygen atoms in total. The van der Waals surface area contributed by atoms with Crippen molar-refractivity contribution in [2.75, 3.05) is 19.6 Å². The van der Waals surface area contributed by atoms with Crippen LogP contribution in [0.4, 0.5) is 0 Å². The summed E-state index contributed by atoms with van der Waals surface area (Å²) in [6.45, 7) is 8.00. The van der Waals surface area contributed by atoms with Crippen molar-refractivity contribution in [1.82, 2.24) is 9.47 Å². The summed E-state index contributed by atoms with van der Waals surface area (Å²) in [6.07, 6.45) is 0.855. The summed E-state index contributed by atoms with van der Waals surface area (Å²) in [5, 5.41) is 14.4. The molecule has 3 aromatic rings. The number of hydrogen-bond donors (Lipinski definition) is 1. The van der Waals surface area contributed by atoms with Crippen LogP contribution in [-0.4, -0.2) is 40.3 Å². The molecule has 0 unspecified atom stereocenters. The fraction of sp³-hybridized carbons (Fsp3) is 0.455. The van der Waals surface area contributed by atoms with Gasteiger partial charge in [0.15, 0.2) is 0 Å². The van der Waals surface area contributed by atoms with Crippen molar-refractivity contribution in [3.05, 3.63) is 46.4 Å². The second kappa shape index (κ2) is 7.63. The van der Waals surface area contributed by atoms with Gasteiger partial charge in [-0.1, -0.05) is 37.0 Å². The van der Waals surface area contributed by atoms with Crippen LogP contribution in [-0.2, 0) is 6.54 Å². The molecule has 1 N–H and O–H groups in total. The van der Waals surface area contributed by atoms with Gasteiger partial charge in [-0.2, -0.15) is 0 Å². The maximum Gasteiger partial charge on any atom is 0.0845 e. The van der Waals surface area contributed by atoms with Gasteiger partial charge in [-0.3, -0.25) is 0 Å². The second-order valence-corrected chi connectivity index (χ2v) is 9.12. The summed E-state index contributed by atoms with van der Waals surface area (Å²) in [5.41, 5.74) is 2.16. The van der Waals surface area contributed by atoms with Crippen molar-refractivity contribution in [3.63, 3.8) is 0 Å². The molecule has 0 radical (unpaired) electrons. The van der Waals surface area contributed by atoms with Crippen molar-refractivity contribution in [2.24, 2.45) is 11.8 Å². The Morgan fingerprint density at radius 2 is 1.44 bits per heavy atom. The Balaban J connectivity index is 1.64. The molecule has 1 aliphatic rings. The Morgan fingerprint density at radius 1 is 0.926 bits per heavy atom. The van der Waals surface area contributed by atoms with Crippen LogP contribution in [0, 0.1) is 11.8 Å². The molecule has 2 aromatic carbocycles. The Hall–Kier alpha value is -1.26. The fourth-order valence-electron chi connectivity index (χ4n) is 4.75. The minimum atomic E-state index is -0.423. The molecule has 0 spiro atoms. The lowest BCUT2D eigenvalue weighted by atomic mass is 9.92. The molecule has 2 heterocycles. The van der Waals surface area contributed by atoms with E-state index in [1.165, 1.54) is 6.42 Å². The highest BCUT2D eigenvalue weighted by Gasteiger charge is 2.24. The highest BCUT2D eigenvalue weighted by Crippen LogP contribution is 2.33. The van der Waals surface area contributed by atoms with Gasteiger partial charge in [0.1, 0.15) is 0 Å². The minimum absolute atomic E-state index is 0.423. The van der Waals surface area contributed by atoms with Crippen molar-refractivity contribution < 1.29 is 5.11 Å². The third-order valence-corrected chi connectivity index (χ3v) is 6.07. The Bertz CT molecular complexity index is 899. The summed E-state index contributed by atoms with van der Waals surface area (Å²) in [5.74, 6) is 1.39. The van der Waals surface area contributed by atoms with Crippen molar-refractivity contribution in [3.8, 4) is 0 Å². The molecule has 1 aliphatic heterocycles. The minimum Gasteiger partial charge on any atom is -0.390 e. The number of likely N-dealkylation sites (tertiary alicyclic amines) is 1. The van der Waals surface area contributed by atoms with Crippen LogP contribution in [0.2, 0.25) is 10.0 Å². The summed E-state index contributed by atoms with van der Waals surface area (Å²) in [7, 11) is 0. The van der Waals surface area contributed by atoms with Gasteiger partial charge in [-0.05, 0) is 54.7 Å². The zero-order chi connectivity index (χ0) is 19.1. The van der Waals surface area contributed by atoms with E-state index >= 15 is 0 Å². The van der Waals surface area contributed by atoms with Crippen molar-refractivity contribution in [2.45, 2.75) is 32.9 Å². The van der Waals surface area contributed by atoms with Crippen LogP contribution in [0.5, 0.6) is 0 Å². The number of fused-ring (bicyclic) bond motifs is 3. The monoisotopic (exact) mass is 404 g/mol. The molecule has 0 aliphatic carbocycles. The van der Waals surface area contributed by atoms with Gasteiger partial charge in [0.2, 0.25) is 0 Å². The largest absolute Gasteiger partial charge is 0.390 e. The van der Waals surface area contributed by atoms with Crippen molar-refractivity contribution >= 4 is 45.0 Å². The average Bonchev–Trinajstić information content (AvgIpc) is 2.86. The molecule has 1 aromatic heterocycles. The number of aromatic nitrogens is 1. The average molecular weight is 405 g/mol. The molecular weight excluding hydrogens is 379 g/mol. The molecule has 27 heavy (non-hydrogen) atoms. The molecule has 0 amide bonds. The van der Waals surface area contributed by atoms with E-state index in [1.54, 1.807) is 0 Å². The molecule has 0 bridgehead atoms. The number of benzene rings is 2. The number of aliphatic hydroxyl groups excluding tert-OH is 1. The zero-order valence-corrected chi connectivity index (χ0v) is 17.3. The first kappa shape index (κ1) is 19.1. The number of hydrogen-bond acceptors (Lipinski definition) is 2. The second-order valence-electron chi connectivity index (χ2n) is 8.25. The number of β-amino-alcohol motifs (C(OH)–C–C–N with tert-alkyl or cyclic N) is 1. The van der Waals surface area contributed by atoms with Crippen LogP contribution in [0.25, 0.3) is 21.8 Å². The standard InChI is InChI=1S/C22H26Cl2N2O/c1-14-7-15(2)11-25(10-14)12-18(27)13-26-21-5-3-16(23)8-19(21)20-9-17(24)4-6-22(20)26/h3-6,8-9,14-15,18,27H,7,10-13H2,1-2H3/t14-,15-,18+/m0/s1. The Kier molecular flexibility index (Phi) is 5.39. The van der Waals surface area contributed by atoms with Crippen LogP contribution in [0.3, 0.4) is 0 Å². The van der Waals surface area contributed by atoms with E-state index in [-0.39, 0.29) is 0 Å². The lowest BCUT2D eigenvalue weighted by Gasteiger charge is -2.36. The zero-order valence-electron chi connectivity index (χ0n) is 15.8. The predicted molar refractivity (Wildman–Crippen MR) is 115 cm³/mol. The molecular formula is C22H26Cl2N2O. The maximum atomic E-state index is 10.9. The smallest absolute Gasteiger partial charge is 0.0845 e. The first-order valence-electron chi connectivity index (χ1n) is 9.68. The van der Waals surface area contributed by atoms with E-state index in [0.717, 1.165) is 34.9 Å². The van der Waals surface area contributed by atoms with Gasteiger partial charge >= 0.3 is 0 Å². The number of halogens is 2. The first-order chi connectivity index (χ1) is 12.9. The summed E-state index contributed by atoms with van der Waals surface area (Å²) in [4.78, 5) is 2.41. The third kappa shape index (κ3) is 3.97. The lowest BCUT2D eigenvalue weighted by Crippen LogP contribution is -2.43.